The Morgan fingerprint density at radius 2 is 2.17 bits per heavy atom. The first-order valence-corrected chi connectivity index (χ1v) is 8.43. The van der Waals surface area contributed by atoms with Crippen molar-refractivity contribution in [2.75, 3.05) is 13.1 Å². The van der Waals surface area contributed by atoms with E-state index >= 15 is 0 Å². The number of ether oxygens (including phenoxy) is 1. The van der Waals surface area contributed by atoms with Crippen molar-refractivity contribution in [1.82, 2.24) is 15.1 Å². The number of likely N-dealkylation sites (tertiary alicyclic amines) is 1. The Balaban J connectivity index is 1.66. The van der Waals surface area contributed by atoms with Crippen LogP contribution < -0.4 is 4.74 Å². The van der Waals surface area contributed by atoms with Crippen LogP contribution in [0.15, 0.2) is 40.9 Å². The third-order valence-corrected chi connectivity index (χ3v) is 4.29. The number of rotatable bonds is 3. The number of halogens is 1. The molecule has 0 saturated carbocycles. The largest absolute Gasteiger partial charge is 0.471 e. The molecule has 0 aliphatic carbocycles. The molecule has 5 nitrogen and oxygen atoms in total. The molecule has 23 heavy (non-hydrogen) atoms. The quantitative estimate of drug-likeness (QED) is 0.826. The van der Waals surface area contributed by atoms with Crippen molar-refractivity contribution in [1.29, 1.82) is 0 Å². The molecule has 2 aromatic rings. The first-order chi connectivity index (χ1) is 11.1. The molecule has 120 valence electrons. The van der Waals surface area contributed by atoms with Gasteiger partial charge in [-0.3, -0.25) is 4.79 Å². The summed E-state index contributed by atoms with van der Waals surface area (Å²) in [4.78, 5) is 14.5. The first-order valence-electron chi connectivity index (χ1n) is 7.63. The highest BCUT2D eigenvalue weighted by Gasteiger charge is 2.26. The Morgan fingerprint density at radius 3 is 2.91 bits per heavy atom. The summed E-state index contributed by atoms with van der Waals surface area (Å²) in [7, 11) is 0. The van der Waals surface area contributed by atoms with E-state index in [2.05, 4.69) is 26.1 Å². The minimum Gasteiger partial charge on any atom is -0.471 e. The van der Waals surface area contributed by atoms with Gasteiger partial charge >= 0.3 is 0 Å². The van der Waals surface area contributed by atoms with E-state index < -0.39 is 0 Å². The van der Waals surface area contributed by atoms with Crippen LogP contribution in [0.25, 0.3) is 0 Å². The minimum atomic E-state index is -0.0446. The van der Waals surface area contributed by atoms with Crippen molar-refractivity contribution in [3.05, 3.63) is 52.1 Å². The number of piperidine rings is 1. The number of aromatic nitrogens is 2. The maximum Gasteiger partial charge on any atom is 0.254 e. The van der Waals surface area contributed by atoms with Crippen LogP contribution in [0.3, 0.4) is 0 Å². The number of amides is 1. The third-order valence-electron chi connectivity index (χ3n) is 3.80. The van der Waals surface area contributed by atoms with Gasteiger partial charge in [-0.05, 0) is 44.0 Å². The van der Waals surface area contributed by atoms with Crippen LogP contribution in [-0.2, 0) is 0 Å². The minimum absolute atomic E-state index is 0.0367. The fourth-order valence-electron chi connectivity index (χ4n) is 2.64. The molecule has 0 N–H and O–H groups in total. The fraction of sp³-hybridized carbons (Fsp3) is 0.353. The Kier molecular flexibility index (Phi) is 4.91. The van der Waals surface area contributed by atoms with Crippen molar-refractivity contribution >= 4 is 21.8 Å². The molecule has 3 rings (SSSR count). The second-order valence-electron chi connectivity index (χ2n) is 5.66. The fourth-order valence-corrected chi connectivity index (χ4v) is 3.04. The Labute approximate surface area is 143 Å². The first kappa shape index (κ1) is 15.9. The summed E-state index contributed by atoms with van der Waals surface area (Å²) in [6, 6.07) is 11.2. The summed E-state index contributed by atoms with van der Waals surface area (Å²) in [6.45, 7) is 3.21. The van der Waals surface area contributed by atoms with Crippen molar-refractivity contribution < 1.29 is 9.53 Å². The van der Waals surface area contributed by atoms with Crippen molar-refractivity contribution in [3.63, 3.8) is 0 Å². The molecule has 0 radical (unpaired) electrons. The second-order valence-corrected chi connectivity index (χ2v) is 6.57. The molecule has 0 spiro atoms. The number of benzene rings is 1. The van der Waals surface area contributed by atoms with Gasteiger partial charge in [0.25, 0.3) is 5.91 Å². The van der Waals surface area contributed by atoms with Crippen molar-refractivity contribution in [2.24, 2.45) is 0 Å². The number of hydrogen-bond donors (Lipinski definition) is 0. The number of hydrogen-bond acceptors (Lipinski definition) is 4. The second kappa shape index (κ2) is 7.08. The molecular weight excluding hydrogens is 358 g/mol. The maximum atomic E-state index is 12.6. The molecule has 1 amide bonds. The third kappa shape index (κ3) is 4.07. The van der Waals surface area contributed by atoms with Crippen LogP contribution in [0, 0.1) is 6.92 Å². The zero-order valence-electron chi connectivity index (χ0n) is 12.9. The van der Waals surface area contributed by atoms with Gasteiger partial charge in [-0.15, -0.1) is 5.10 Å². The Bertz CT molecular complexity index is 690. The van der Waals surface area contributed by atoms with Crippen LogP contribution in [0.4, 0.5) is 0 Å². The zero-order valence-corrected chi connectivity index (χ0v) is 14.5. The summed E-state index contributed by atoms with van der Waals surface area (Å²) >= 11 is 3.41. The number of aryl methyl sites for hydroxylation is 1. The lowest BCUT2D eigenvalue weighted by Crippen LogP contribution is -2.44. The van der Waals surface area contributed by atoms with E-state index in [4.69, 9.17) is 4.74 Å². The highest BCUT2D eigenvalue weighted by atomic mass is 79.9. The molecule has 1 aliphatic heterocycles. The SMILES string of the molecule is Cc1ccc(OC2CCCN(C(=O)c3cccc(Br)c3)C2)nn1. The smallest absolute Gasteiger partial charge is 0.254 e. The lowest BCUT2D eigenvalue weighted by molar-refractivity contribution is 0.0525. The maximum absolute atomic E-state index is 12.6. The van der Waals surface area contributed by atoms with Gasteiger partial charge in [0.15, 0.2) is 0 Å². The van der Waals surface area contributed by atoms with Gasteiger partial charge in [-0.2, -0.15) is 5.10 Å². The summed E-state index contributed by atoms with van der Waals surface area (Å²) in [6.07, 6.45) is 1.79. The molecule has 1 fully saturated rings. The summed E-state index contributed by atoms with van der Waals surface area (Å²) in [5.41, 5.74) is 1.54. The lowest BCUT2D eigenvalue weighted by Gasteiger charge is -2.32. The van der Waals surface area contributed by atoms with Gasteiger partial charge in [0.2, 0.25) is 5.88 Å². The molecule has 1 saturated heterocycles. The molecule has 1 aromatic heterocycles. The number of nitrogens with zero attached hydrogens (tertiary/aromatic N) is 3. The van der Waals surface area contributed by atoms with Crippen molar-refractivity contribution in [2.45, 2.75) is 25.9 Å². The van der Waals surface area contributed by atoms with Gasteiger partial charge in [-0.25, -0.2) is 0 Å². The van der Waals surface area contributed by atoms with Gasteiger partial charge in [0, 0.05) is 22.6 Å². The molecule has 1 aliphatic rings. The van der Waals surface area contributed by atoms with Gasteiger partial charge < -0.3 is 9.64 Å². The standard InChI is InChI=1S/C17H18BrN3O2/c1-12-7-8-16(20-19-12)23-15-6-3-9-21(11-15)17(22)13-4-2-5-14(18)10-13/h2,4-5,7-8,10,15H,3,6,9,11H2,1H3. The van der Waals surface area contributed by atoms with Crippen LogP contribution >= 0.6 is 15.9 Å². The highest BCUT2D eigenvalue weighted by molar-refractivity contribution is 9.10. The Hall–Kier alpha value is -1.95. The van der Waals surface area contributed by atoms with Gasteiger partial charge in [-0.1, -0.05) is 22.0 Å². The van der Waals surface area contributed by atoms with Crippen LogP contribution in [0.1, 0.15) is 28.9 Å². The predicted molar refractivity (Wildman–Crippen MR) is 90.5 cm³/mol. The highest BCUT2D eigenvalue weighted by Crippen LogP contribution is 2.19. The molecule has 0 bridgehead atoms. The normalized spacial score (nSPS) is 17.8. The van der Waals surface area contributed by atoms with Crippen LogP contribution in [-0.4, -0.2) is 40.2 Å². The molecule has 1 unspecified atom stereocenters. The molecule has 2 heterocycles. The van der Waals surface area contributed by atoms with Crippen LogP contribution in [0.2, 0.25) is 0 Å². The Morgan fingerprint density at radius 1 is 1.30 bits per heavy atom. The molecule has 6 heteroatoms. The van der Waals surface area contributed by atoms with E-state index in [-0.39, 0.29) is 12.0 Å². The number of carbonyl (C=O) groups is 1. The summed E-state index contributed by atoms with van der Waals surface area (Å²) in [5.74, 6) is 0.548. The summed E-state index contributed by atoms with van der Waals surface area (Å²) < 4.78 is 6.78. The predicted octanol–water partition coefficient (Wildman–Crippen LogP) is 3.23. The summed E-state index contributed by atoms with van der Waals surface area (Å²) in [5, 5.41) is 8.03. The average molecular weight is 376 g/mol. The van der Waals surface area contributed by atoms with E-state index in [1.807, 2.05) is 48.2 Å². The zero-order chi connectivity index (χ0) is 16.2. The molecule has 1 aromatic carbocycles. The monoisotopic (exact) mass is 375 g/mol. The lowest BCUT2D eigenvalue weighted by atomic mass is 10.1. The molecule has 1 atom stereocenters. The van der Waals surface area contributed by atoms with Gasteiger partial charge in [0.1, 0.15) is 6.10 Å². The van der Waals surface area contributed by atoms with Gasteiger partial charge in [0.05, 0.1) is 12.2 Å². The van der Waals surface area contributed by atoms with E-state index in [0.717, 1.165) is 29.6 Å². The van der Waals surface area contributed by atoms with E-state index in [1.165, 1.54) is 0 Å². The average Bonchev–Trinajstić information content (AvgIpc) is 2.56. The van der Waals surface area contributed by atoms with Crippen LogP contribution in [0.5, 0.6) is 5.88 Å². The van der Waals surface area contributed by atoms with E-state index in [9.17, 15) is 4.79 Å². The van der Waals surface area contributed by atoms with E-state index in [1.54, 1.807) is 0 Å². The van der Waals surface area contributed by atoms with E-state index in [0.29, 0.717) is 18.0 Å². The topological polar surface area (TPSA) is 55.3 Å². The number of carbonyl (C=O) groups excluding carboxylic acids is 1. The van der Waals surface area contributed by atoms with Crippen molar-refractivity contribution in [3.8, 4) is 5.88 Å². The molecular formula is C17H18BrN3O2.